The number of aryl methyl sites for hydroxylation is 1. The predicted molar refractivity (Wildman–Crippen MR) is 156 cm³/mol. The van der Waals surface area contributed by atoms with Crippen LogP contribution >= 0.6 is 45.8 Å². The summed E-state index contributed by atoms with van der Waals surface area (Å²) in [5, 5.41) is 1.99. The molecule has 10 heteroatoms. The number of hydrogen-bond acceptors (Lipinski definition) is 7. The number of anilines is 1. The van der Waals surface area contributed by atoms with Gasteiger partial charge in [0.15, 0.2) is 0 Å². The standard InChI is InChI=1S/C27H25N4O2S4/c1-5-30-21(15-20-28(3)16-11-7-9-13-18(16)34-20)36-23(24(30)32)27-31(6-2)25(33)22(37-27)26-29(4)17-12-8-10-14-19(17)35-26/h7-15H,5-6H2,1-4H3/q+1/b26-22+,27-23-. The first kappa shape index (κ1) is 24.4. The Hall–Kier alpha value is -2.92. The molecule has 6 rings (SSSR count). The minimum atomic E-state index is -0.0433. The van der Waals surface area contributed by atoms with Crippen molar-refractivity contribution in [1.29, 1.82) is 0 Å². The predicted octanol–water partition coefficient (Wildman–Crippen LogP) is 3.64. The molecule has 188 valence electrons. The number of aromatic nitrogens is 3. The Labute approximate surface area is 229 Å². The van der Waals surface area contributed by atoms with E-state index in [1.807, 2.05) is 49.7 Å². The van der Waals surface area contributed by atoms with Crippen LogP contribution in [-0.2, 0) is 20.1 Å². The van der Waals surface area contributed by atoms with Crippen LogP contribution < -0.4 is 29.8 Å². The molecule has 0 saturated carbocycles. The molecule has 4 heterocycles. The van der Waals surface area contributed by atoms with E-state index >= 15 is 0 Å². The molecule has 0 saturated heterocycles. The Morgan fingerprint density at radius 2 is 1.57 bits per heavy atom. The smallest absolute Gasteiger partial charge is 0.272 e. The van der Waals surface area contributed by atoms with Gasteiger partial charge in [0.25, 0.3) is 16.1 Å². The number of benzene rings is 2. The van der Waals surface area contributed by atoms with E-state index in [9.17, 15) is 9.59 Å². The number of hydrogen-bond donors (Lipinski definition) is 0. The normalized spacial score (nSPS) is 16.2. The van der Waals surface area contributed by atoms with Gasteiger partial charge in [0.1, 0.15) is 35.2 Å². The monoisotopic (exact) mass is 565 g/mol. The molecule has 0 atom stereocenters. The number of thioether (sulfide) groups is 1. The van der Waals surface area contributed by atoms with E-state index < -0.39 is 0 Å². The van der Waals surface area contributed by atoms with Crippen molar-refractivity contribution >= 4 is 72.8 Å². The van der Waals surface area contributed by atoms with Crippen molar-refractivity contribution in [2.24, 2.45) is 7.05 Å². The van der Waals surface area contributed by atoms with Crippen molar-refractivity contribution in [2.75, 3.05) is 11.9 Å². The molecule has 0 spiro atoms. The summed E-state index contributed by atoms with van der Waals surface area (Å²) < 4.78 is 9.86. The Morgan fingerprint density at radius 3 is 2.30 bits per heavy atom. The van der Waals surface area contributed by atoms with Gasteiger partial charge in [-0.1, -0.05) is 47.4 Å². The lowest BCUT2D eigenvalue weighted by Crippen LogP contribution is -2.31. The summed E-state index contributed by atoms with van der Waals surface area (Å²) in [7, 11) is 4.05. The number of fused-ring (bicyclic) bond motifs is 2. The van der Waals surface area contributed by atoms with Crippen molar-refractivity contribution in [3.63, 3.8) is 0 Å². The van der Waals surface area contributed by atoms with Gasteiger partial charge < -0.3 is 4.90 Å². The molecular formula is C27H25N4O2S4+. The van der Waals surface area contributed by atoms with Gasteiger partial charge in [-0.05, 0) is 32.0 Å². The average molecular weight is 566 g/mol. The van der Waals surface area contributed by atoms with Gasteiger partial charge in [-0.3, -0.25) is 18.7 Å². The molecule has 5 aromatic rings. The lowest BCUT2D eigenvalue weighted by atomic mass is 10.3. The van der Waals surface area contributed by atoms with Crippen LogP contribution in [0, 0.1) is 9.20 Å². The van der Waals surface area contributed by atoms with Crippen molar-refractivity contribution in [1.82, 2.24) is 9.13 Å². The summed E-state index contributed by atoms with van der Waals surface area (Å²) in [6.45, 7) is 5.02. The summed E-state index contributed by atoms with van der Waals surface area (Å²) in [6.07, 6.45) is 2.10. The molecule has 0 aliphatic carbocycles. The number of thiazole rings is 3. The molecule has 0 fully saturated rings. The minimum absolute atomic E-state index is 0.0399. The highest BCUT2D eigenvalue weighted by molar-refractivity contribution is 8.08. The van der Waals surface area contributed by atoms with Crippen molar-refractivity contribution in [2.45, 2.75) is 31.8 Å². The Morgan fingerprint density at radius 1 is 0.865 bits per heavy atom. The lowest BCUT2D eigenvalue weighted by molar-refractivity contribution is -0.642. The van der Waals surface area contributed by atoms with E-state index in [2.05, 4.69) is 46.9 Å². The highest BCUT2D eigenvalue weighted by Crippen LogP contribution is 2.45. The van der Waals surface area contributed by atoms with Crippen molar-refractivity contribution in [3.05, 3.63) is 92.6 Å². The summed E-state index contributed by atoms with van der Waals surface area (Å²) in [5.41, 5.74) is 2.18. The van der Waals surface area contributed by atoms with Gasteiger partial charge in [-0.25, -0.2) is 0 Å². The molecule has 2 aromatic carbocycles. The third kappa shape index (κ3) is 3.85. The zero-order chi connectivity index (χ0) is 25.8. The maximum atomic E-state index is 13.6. The molecule has 0 amide bonds. The van der Waals surface area contributed by atoms with Crippen LogP contribution in [0.15, 0.2) is 63.0 Å². The average Bonchev–Trinajstić information content (AvgIpc) is 3.61. The van der Waals surface area contributed by atoms with Crippen molar-refractivity contribution < 1.29 is 4.57 Å². The molecule has 0 radical (unpaired) electrons. The molecule has 37 heavy (non-hydrogen) atoms. The van der Waals surface area contributed by atoms with E-state index in [1.165, 1.54) is 32.9 Å². The number of rotatable bonds is 3. The molecule has 0 unspecified atom stereocenters. The maximum absolute atomic E-state index is 13.6. The molecule has 3 aromatic heterocycles. The fourth-order valence-corrected chi connectivity index (χ4v) is 9.58. The summed E-state index contributed by atoms with van der Waals surface area (Å²) >= 11 is 6.22. The molecular weight excluding hydrogens is 541 g/mol. The van der Waals surface area contributed by atoms with Crippen LogP contribution in [0.4, 0.5) is 5.69 Å². The topological polar surface area (TPSA) is 51.1 Å². The molecule has 1 aliphatic rings. The Kier molecular flexibility index (Phi) is 6.22. The van der Waals surface area contributed by atoms with Gasteiger partial charge in [0.2, 0.25) is 5.52 Å². The second-order valence-electron chi connectivity index (χ2n) is 8.65. The van der Waals surface area contributed by atoms with Crippen LogP contribution in [-0.4, -0.2) is 16.2 Å². The number of nitrogens with zero attached hydrogens (tertiary/aromatic N) is 4. The summed E-state index contributed by atoms with van der Waals surface area (Å²) in [6, 6.07) is 16.5. The van der Waals surface area contributed by atoms with Crippen LogP contribution in [0.5, 0.6) is 0 Å². The zero-order valence-corrected chi connectivity index (χ0v) is 24.1. The fraction of sp³-hybridized carbons (Fsp3) is 0.222. The second kappa shape index (κ2) is 9.43. The SMILES string of the molecule is CCn1c(=O)/c(=c2/s/c(=C3/Sc4ccccc4N3C)c(=O)n2CC)s/c1=C\c1sc2ccccc2[n+]1C. The van der Waals surface area contributed by atoms with Crippen LogP contribution in [0.1, 0.15) is 18.9 Å². The van der Waals surface area contributed by atoms with E-state index in [-0.39, 0.29) is 11.1 Å². The van der Waals surface area contributed by atoms with Gasteiger partial charge in [0, 0.05) is 31.1 Å². The quantitative estimate of drug-likeness (QED) is 0.314. The van der Waals surface area contributed by atoms with Crippen LogP contribution in [0.2, 0.25) is 0 Å². The lowest BCUT2D eigenvalue weighted by Gasteiger charge is -2.11. The maximum Gasteiger partial charge on any atom is 0.272 e. The first-order valence-corrected chi connectivity index (χ1v) is 15.3. The molecule has 6 nitrogen and oxygen atoms in total. The van der Waals surface area contributed by atoms with E-state index in [1.54, 1.807) is 27.7 Å². The van der Waals surface area contributed by atoms with Gasteiger partial charge in [-0.2, -0.15) is 4.57 Å². The minimum Gasteiger partial charge on any atom is -0.337 e. The van der Waals surface area contributed by atoms with Gasteiger partial charge >= 0.3 is 0 Å². The number of para-hydroxylation sites is 2. The van der Waals surface area contributed by atoms with Gasteiger partial charge in [0.05, 0.1) is 11.8 Å². The summed E-state index contributed by atoms with van der Waals surface area (Å²) in [5.74, 6) is 0. The molecule has 0 N–H and O–H groups in total. The highest BCUT2D eigenvalue weighted by atomic mass is 32.2. The second-order valence-corrected chi connectivity index (χ2v) is 12.8. The highest BCUT2D eigenvalue weighted by Gasteiger charge is 2.24. The largest absolute Gasteiger partial charge is 0.337 e. The fourth-order valence-electron chi connectivity index (χ4n) is 4.62. The van der Waals surface area contributed by atoms with Crippen LogP contribution in [0.3, 0.4) is 0 Å². The first-order valence-electron chi connectivity index (χ1n) is 12.0. The Balaban J connectivity index is 1.65. The van der Waals surface area contributed by atoms with Crippen molar-refractivity contribution in [3.8, 4) is 0 Å². The Bertz CT molecular complexity index is 2030. The molecule has 1 aliphatic heterocycles. The molecule has 0 bridgehead atoms. The van der Waals surface area contributed by atoms with Gasteiger partial charge in [-0.15, -0.1) is 22.7 Å². The third-order valence-electron chi connectivity index (χ3n) is 6.57. The summed E-state index contributed by atoms with van der Waals surface area (Å²) in [4.78, 5) is 30.4. The first-order chi connectivity index (χ1) is 17.9. The van der Waals surface area contributed by atoms with Crippen LogP contribution in [0.25, 0.3) is 21.3 Å². The van der Waals surface area contributed by atoms with E-state index in [0.717, 1.165) is 29.9 Å². The third-order valence-corrected chi connectivity index (χ3v) is 11.5. The zero-order valence-electron chi connectivity index (χ0n) is 20.8. The van der Waals surface area contributed by atoms with E-state index in [4.69, 9.17) is 0 Å². The van der Waals surface area contributed by atoms with E-state index in [0.29, 0.717) is 22.2 Å².